The van der Waals surface area contributed by atoms with Crippen molar-refractivity contribution < 1.29 is 4.39 Å². The minimum Gasteiger partial charge on any atom is -0.330 e. The van der Waals surface area contributed by atoms with Crippen LogP contribution >= 0.6 is 0 Å². The van der Waals surface area contributed by atoms with Crippen LogP contribution in [-0.4, -0.2) is 16.1 Å². The van der Waals surface area contributed by atoms with E-state index in [4.69, 9.17) is 5.73 Å². The number of nitrogens with zero attached hydrogens (tertiary/aromatic N) is 2. The monoisotopic (exact) mass is 261 g/mol. The van der Waals surface area contributed by atoms with Gasteiger partial charge in [0.15, 0.2) is 0 Å². The number of hydrogen-bond donors (Lipinski definition) is 1. The summed E-state index contributed by atoms with van der Waals surface area (Å²) in [6.45, 7) is 6.57. The highest BCUT2D eigenvalue weighted by Crippen LogP contribution is 2.26. The van der Waals surface area contributed by atoms with Crippen LogP contribution in [0.5, 0.6) is 0 Å². The number of aromatic nitrogens is 2. The van der Waals surface area contributed by atoms with Gasteiger partial charge in [-0.05, 0) is 30.5 Å². The number of imidazole rings is 1. The number of aryl methyl sites for hydroxylation is 1. The Morgan fingerprint density at radius 1 is 1.37 bits per heavy atom. The Morgan fingerprint density at radius 3 is 2.68 bits per heavy atom. The molecule has 2 aromatic rings. The third-order valence-electron chi connectivity index (χ3n) is 3.54. The maximum Gasteiger partial charge on any atom is 0.128 e. The third-order valence-corrected chi connectivity index (χ3v) is 3.54. The second-order valence-corrected chi connectivity index (χ2v) is 5.21. The summed E-state index contributed by atoms with van der Waals surface area (Å²) in [7, 11) is 0. The van der Waals surface area contributed by atoms with Crippen LogP contribution in [-0.2, 0) is 0 Å². The predicted octanol–water partition coefficient (Wildman–Crippen LogP) is 3.02. The van der Waals surface area contributed by atoms with Crippen molar-refractivity contribution in [3.8, 4) is 5.69 Å². The maximum atomic E-state index is 13.7. The highest BCUT2D eigenvalue weighted by Gasteiger charge is 2.19. The number of hydrogen-bond acceptors (Lipinski definition) is 2. The molecule has 1 unspecified atom stereocenters. The van der Waals surface area contributed by atoms with Crippen LogP contribution in [0.3, 0.4) is 0 Å². The van der Waals surface area contributed by atoms with Crippen LogP contribution in [0.25, 0.3) is 5.69 Å². The van der Waals surface area contributed by atoms with Crippen molar-refractivity contribution in [2.24, 2.45) is 11.7 Å². The van der Waals surface area contributed by atoms with Gasteiger partial charge in [-0.1, -0.05) is 19.9 Å². The van der Waals surface area contributed by atoms with E-state index in [1.165, 1.54) is 6.07 Å². The molecular weight excluding hydrogens is 241 g/mol. The molecule has 102 valence electrons. The lowest BCUT2D eigenvalue weighted by Gasteiger charge is -2.20. The summed E-state index contributed by atoms with van der Waals surface area (Å²) in [6.07, 6.45) is 3.53. The highest BCUT2D eigenvalue weighted by atomic mass is 19.1. The second-order valence-electron chi connectivity index (χ2n) is 5.21. The van der Waals surface area contributed by atoms with E-state index in [0.717, 1.165) is 11.4 Å². The molecule has 1 heterocycles. The van der Waals surface area contributed by atoms with E-state index >= 15 is 0 Å². The van der Waals surface area contributed by atoms with Gasteiger partial charge >= 0.3 is 0 Å². The van der Waals surface area contributed by atoms with Crippen molar-refractivity contribution in [1.82, 2.24) is 9.55 Å². The van der Waals surface area contributed by atoms with Gasteiger partial charge in [0.05, 0.1) is 6.33 Å². The Kier molecular flexibility index (Phi) is 4.00. The van der Waals surface area contributed by atoms with E-state index in [9.17, 15) is 4.39 Å². The smallest absolute Gasteiger partial charge is 0.128 e. The fourth-order valence-corrected chi connectivity index (χ4v) is 2.26. The van der Waals surface area contributed by atoms with Gasteiger partial charge in [-0.15, -0.1) is 0 Å². The molecule has 4 heteroatoms. The summed E-state index contributed by atoms with van der Waals surface area (Å²) >= 11 is 0. The van der Waals surface area contributed by atoms with Crippen molar-refractivity contribution in [2.45, 2.75) is 26.7 Å². The Bertz CT molecular complexity index is 560. The molecule has 19 heavy (non-hydrogen) atoms. The van der Waals surface area contributed by atoms with Crippen LogP contribution in [0, 0.1) is 18.7 Å². The Labute approximate surface area is 113 Å². The number of benzene rings is 1. The number of halogens is 1. The first-order valence-electron chi connectivity index (χ1n) is 6.53. The van der Waals surface area contributed by atoms with E-state index in [0.29, 0.717) is 18.0 Å². The minimum absolute atomic E-state index is 0.203. The zero-order valence-corrected chi connectivity index (χ0v) is 11.6. The van der Waals surface area contributed by atoms with Gasteiger partial charge in [0.2, 0.25) is 0 Å². The normalized spacial score (nSPS) is 12.9. The molecule has 1 aromatic carbocycles. The summed E-state index contributed by atoms with van der Waals surface area (Å²) < 4.78 is 15.6. The Hall–Kier alpha value is -1.68. The molecule has 0 spiro atoms. The first kappa shape index (κ1) is 13.7. The predicted molar refractivity (Wildman–Crippen MR) is 74.9 cm³/mol. The lowest BCUT2D eigenvalue weighted by molar-refractivity contribution is 0.489. The van der Waals surface area contributed by atoms with E-state index in [1.807, 2.05) is 16.8 Å². The molecule has 0 bridgehead atoms. The van der Waals surface area contributed by atoms with Crippen LogP contribution in [0.4, 0.5) is 4.39 Å². The average molecular weight is 261 g/mol. The molecule has 0 aliphatic heterocycles. The molecule has 3 nitrogen and oxygen atoms in total. The Balaban J connectivity index is 2.46. The van der Waals surface area contributed by atoms with Crippen LogP contribution in [0.2, 0.25) is 0 Å². The molecule has 0 radical (unpaired) electrons. The first-order valence-corrected chi connectivity index (χ1v) is 6.53. The SMILES string of the molecule is Cc1ccc(-n2cncc2C(CN)C(C)C)cc1F. The van der Waals surface area contributed by atoms with Crippen molar-refractivity contribution in [3.05, 3.63) is 47.8 Å². The van der Waals surface area contributed by atoms with Gasteiger partial charge in [0.1, 0.15) is 5.82 Å². The number of nitrogens with two attached hydrogens (primary N) is 1. The summed E-state index contributed by atoms with van der Waals surface area (Å²) in [6, 6.07) is 5.22. The average Bonchev–Trinajstić information content (AvgIpc) is 2.82. The number of rotatable bonds is 4. The van der Waals surface area contributed by atoms with Gasteiger partial charge in [0.25, 0.3) is 0 Å². The van der Waals surface area contributed by atoms with E-state index in [1.54, 1.807) is 19.3 Å². The fraction of sp³-hybridized carbons (Fsp3) is 0.400. The molecule has 0 aliphatic carbocycles. The first-order chi connectivity index (χ1) is 9.04. The molecule has 2 rings (SSSR count). The van der Waals surface area contributed by atoms with E-state index in [2.05, 4.69) is 18.8 Å². The topological polar surface area (TPSA) is 43.8 Å². The van der Waals surface area contributed by atoms with Crippen molar-refractivity contribution >= 4 is 0 Å². The molecule has 0 saturated carbocycles. The van der Waals surface area contributed by atoms with Crippen molar-refractivity contribution in [2.75, 3.05) is 6.54 Å². The molecule has 0 aliphatic rings. The summed E-state index contributed by atoms with van der Waals surface area (Å²) in [5, 5.41) is 0. The van der Waals surface area contributed by atoms with Crippen molar-refractivity contribution in [1.29, 1.82) is 0 Å². The molecule has 0 saturated heterocycles. The van der Waals surface area contributed by atoms with Crippen LogP contribution in [0.1, 0.15) is 31.0 Å². The lowest BCUT2D eigenvalue weighted by atomic mass is 9.93. The van der Waals surface area contributed by atoms with Gasteiger partial charge < -0.3 is 10.3 Å². The zero-order chi connectivity index (χ0) is 14.0. The lowest BCUT2D eigenvalue weighted by Crippen LogP contribution is -2.20. The molecular formula is C15H20FN3. The van der Waals surface area contributed by atoms with E-state index in [-0.39, 0.29) is 11.7 Å². The summed E-state index contributed by atoms with van der Waals surface area (Å²) in [5.74, 6) is 0.425. The second kappa shape index (κ2) is 5.53. The molecule has 1 atom stereocenters. The van der Waals surface area contributed by atoms with Gasteiger partial charge in [0, 0.05) is 30.0 Å². The highest BCUT2D eigenvalue weighted by molar-refractivity contribution is 5.37. The standard InChI is InChI=1S/C15H20FN3/c1-10(2)13(7-17)15-8-18-9-19(15)12-5-4-11(3)14(16)6-12/h4-6,8-10,13H,7,17H2,1-3H3. The van der Waals surface area contributed by atoms with E-state index < -0.39 is 0 Å². The van der Waals surface area contributed by atoms with Gasteiger partial charge in [-0.2, -0.15) is 0 Å². The fourth-order valence-electron chi connectivity index (χ4n) is 2.26. The largest absolute Gasteiger partial charge is 0.330 e. The summed E-state index contributed by atoms with van der Waals surface area (Å²) in [4.78, 5) is 4.19. The van der Waals surface area contributed by atoms with Gasteiger partial charge in [-0.25, -0.2) is 9.37 Å². The summed E-state index contributed by atoms with van der Waals surface area (Å²) in [5.41, 5.74) is 8.31. The Morgan fingerprint density at radius 2 is 2.11 bits per heavy atom. The molecule has 2 N–H and O–H groups in total. The van der Waals surface area contributed by atoms with Crippen molar-refractivity contribution in [3.63, 3.8) is 0 Å². The van der Waals surface area contributed by atoms with Gasteiger partial charge in [-0.3, -0.25) is 0 Å². The molecule has 0 fully saturated rings. The van der Waals surface area contributed by atoms with Crippen LogP contribution < -0.4 is 5.73 Å². The minimum atomic E-state index is -0.203. The molecule has 0 amide bonds. The zero-order valence-electron chi connectivity index (χ0n) is 11.6. The molecule has 1 aromatic heterocycles. The van der Waals surface area contributed by atoms with Crippen LogP contribution in [0.15, 0.2) is 30.7 Å². The quantitative estimate of drug-likeness (QED) is 0.919. The maximum absolute atomic E-state index is 13.7. The third kappa shape index (κ3) is 2.68.